The van der Waals surface area contributed by atoms with Gasteiger partial charge in [0.15, 0.2) is 6.10 Å². The SMILES string of the molecule is Cc1cc(Cl)ccc1NS(=O)(=O)c1ccc(O[C@H](C)C(=O)N2CCOCC2)cc1. The summed E-state index contributed by atoms with van der Waals surface area (Å²) in [5, 5.41) is 0.535. The molecule has 156 valence electrons. The van der Waals surface area contributed by atoms with Crippen LogP contribution < -0.4 is 9.46 Å². The molecule has 2 aromatic carbocycles. The summed E-state index contributed by atoms with van der Waals surface area (Å²) in [6.45, 7) is 5.57. The van der Waals surface area contributed by atoms with E-state index >= 15 is 0 Å². The Balaban J connectivity index is 1.66. The van der Waals surface area contributed by atoms with E-state index < -0.39 is 16.1 Å². The maximum atomic E-state index is 12.6. The fourth-order valence-corrected chi connectivity index (χ4v) is 4.30. The van der Waals surface area contributed by atoms with Gasteiger partial charge in [-0.1, -0.05) is 11.6 Å². The predicted molar refractivity (Wildman–Crippen MR) is 111 cm³/mol. The zero-order valence-electron chi connectivity index (χ0n) is 16.2. The molecule has 1 heterocycles. The minimum Gasteiger partial charge on any atom is -0.481 e. The van der Waals surface area contributed by atoms with Gasteiger partial charge < -0.3 is 14.4 Å². The fraction of sp³-hybridized carbons (Fsp3) is 0.350. The third-order valence-electron chi connectivity index (χ3n) is 4.55. The number of carbonyl (C=O) groups excluding carboxylic acids is 1. The Labute approximate surface area is 175 Å². The maximum Gasteiger partial charge on any atom is 0.263 e. The first-order valence-corrected chi connectivity index (χ1v) is 11.0. The number of amides is 1. The molecule has 0 spiro atoms. The zero-order chi connectivity index (χ0) is 21.0. The second kappa shape index (κ2) is 9.02. The highest BCUT2D eigenvalue weighted by Gasteiger charge is 2.24. The van der Waals surface area contributed by atoms with Crippen LogP contribution in [0.1, 0.15) is 12.5 Å². The van der Waals surface area contributed by atoms with Gasteiger partial charge in [0.2, 0.25) is 0 Å². The molecule has 0 aromatic heterocycles. The number of morpholine rings is 1. The largest absolute Gasteiger partial charge is 0.481 e. The van der Waals surface area contributed by atoms with Crippen molar-refractivity contribution in [2.75, 3.05) is 31.0 Å². The van der Waals surface area contributed by atoms with Crippen LogP contribution in [0.4, 0.5) is 5.69 Å². The van der Waals surface area contributed by atoms with Crippen LogP contribution in [-0.4, -0.2) is 51.6 Å². The van der Waals surface area contributed by atoms with Crippen molar-refractivity contribution in [2.24, 2.45) is 0 Å². The third kappa shape index (κ3) is 5.41. The van der Waals surface area contributed by atoms with Gasteiger partial charge in [-0.3, -0.25) is 9.52 Å². The lowest BCUT2D eigenvalue weighted by molar-refractivity contribution is -0.142. The molecule has 0 bridgehead atoms. The smallest absolute Gasteiger partial charge is 0.263 e. The van der Waals surface area contributed by atoms with Crippen LogP contribution >= 0.6 is 11.6 Å². The molecule has 1 atom stereocenters. The summed E-state index contributed by atoms with van der Waals surface area (Å²) in [5.74, 6) is 0.297. The molecule has 9 heteroatoms. The predicted octanol–water partition coefficient (Wildman–Crippen LogP) is 3.08. The van der Waals surface area contributed by atoms with E-state index in [1.807, 2.05) is 0 Å². The van der Waals surface area contributed by atoms with Gasteiger partial charge in [-0.25, -0.2) is 8.42 Å². The molecule has 1 N–H and O–H groups in total. The number of sulfonamides is 1. The first-order chi connectivity index (χ1) is 13.8. The summed E-state index contributed by atoms with van der Waals surface area (Å²) in [5.41, 5.74) is 1.18. The first-order valence-electron chi connectivity index (χ1n) is 9.18. The zero-order valence-corrected chi connectivity index (χ0v) is 17.8. The van der Waals surface area contributed by atoms with Crippen molar-refractivity contribution in [1.29, 1.82) is 0 Å². The molecule has 0 aliphatic carbocycles. The molecule has 29 heavy (non-hydrogen) atoms. The highest BCUT2D eigenvalue weighted by molar-refractivity contribution is 7.92. The normalized spacial score (nSPS) is 15.6. The number of halogens is 1. The fourth-order valence-electron chi connectivity index (χ4n) is 2.94. The summed E-state index contributed by atoms with van der Waals surface area (Å²) in [7, 11) is -3.77. The van der Waals surface area contributed by atoms with Crippen LogP contribution in [0, 0.1) is 6.92 Å². The van der Waals surface area contributed by atoms with Gasteiger partial charge >= 0.3 is 0 Å². The van der Waals surface area contributed by atoms with Crippen molar-refractivity contribution in [3.8, 4) is 5.75 Å². The number of rotatable bonds is 6. The molecule has 0 saturated carbocycles. The number of carbonyl (C=O) groups is 1. The minimum absolute atomic E-state index is 0.0892. The lowest BCUT2D eigenvalue weighted by Crippen LogP contribution is -2.46. The standard InChI is InChI=1S/C20H23ClN2O5S/c1-14-13-16(21)3-8-19(14)22-29(25,26)18-6-4-17(5-7-18)28-15(2)20(24)23-9-11-27-12-10-23/h3-8,13,15,22H,9-12H2,1-2H3/t15-/m1/s1. The van der Waals surface area contributed by atoms with E-state index in [4.69, 9.17) is 21.1 Å². The number of nitrogens with one attached hydrogen (secondary N) is 1. The number of hydrogen-bond donors (Lipinski definition) is 1. The quantitative estimate of drug-likeness (QED) is 0.749. The van der Waals surface area contributed by atoms with Crippen LogP contribution in [0.5, 0.6) is 5.75 Å². The van der Waals surface area contributed by atoms with Gasteiger partial charge in [0, 0.05) is 18.1 Å². The van der Waals surface area contributed by atoms with Gasteiger partial charge in [-0.05, 0) is 61.9 Å². The van der Waals surface area contributed by atoms with Crippen LogP contribution in [0.15, 0.2) is 47.4 Å². The van der Waals surface area contributed by atoms with E-state index in [-0.39, 0.29) is 10.8 Å². The van der Waals surface area contributed by atoms with E-state index in [2.05, 4.69) is 4.72 Å². The second-order valence-corrected chi connectivity index (χ2v) is 8.85. The Bertz CT molecular complexity index is 973. The second-order valence-electron chi connectivity index (χ2n) is 6.73. The van der Waals surface area contributed by atoms with E-state index in [1.165, 1.54) is 24.3 Å². The van der Waals surface area contributed by atoms with Gasteiger partial charge in [-0.2, -0.15) is 0 Å². The van der Waals surface area contributed by atoms with Crippen molar-refractivity contribution in [3.63, 3.8) is 0 Å². The molecular formula is C20H23ClN2O5S. The van der Waals surface area contributed by atoms with Gasteiger partial charge in [0.25, 0.3) is 15.9 Å². The number of hydrogen-bond acceptors (Lipinski definition) is 5. The number of anilines is 1. The Morgan fingerprint density at radius 3 is 2.45 bits per heavy atom. The molecule has 1 saturated heterocycles. The van der Waals surface area contributed by atoms with Crippen molar-refractivity contribution in [2.45, 2.75) is 24.8 Å². The average Bonchev–Trinajstić information content (AvgIpc) is 2.70. The molecule has 2 aromatic rings. The molecule has 1 aliphatic heterocycles. The number of nitrogens with zero attached hydrogens (tertiary/aromatic N) is 1. The van der Waals surface area contributed by atoms with Gasteiger partial charge in [0.05, 0.1) is 23.8 Å². The molecule has 0 unspecified atom stereocenters. The minimum atomic E-state index is -3.77. The topological polar surface area (TPSA) is 84.9 Å². The average molecular weight is 439 g/mol. The summed E-state index contributed by atoms with van der Waals surface area (Å²) in [4.78, 5) is 14.2. The highest BCUT2D eigenvalue weighted by Crippen LogP contribution is 2.24. The third-order valence-corrected chi connectivity index (χ3v) is 6.17. The Morgan fingerprint density at radius 1 is 1.17 bits per heavy atom. The van der Waals surface area contributed by atoms with E-state index in [0.29, 0.717) is 42.8 Å². The number of aryl methyl sites for hydroxylation is 1. The Morgan fingerprint density at radius 2 is 1.83 bits per heavy atom. The summed E-state index contributed by atoms with van der Waals surface area (Å²) >= 11 is 5.91. The summed E-state index contributed by atoms with van der Waals surface area (Å²) < 4.78 is 38.7. The van der Waals surface area contributed by atoms with Crippen LogP contribution in [-0.2, 0) is 19.6 Å². The van der Waals surface area contributed by atoms with E-state index in [1.54, 1.807) is 36.9 Å². The lowest BCUT2D eigenvalue weighted by Gasteiger charge is -2.29. The van der Waals surface area contributed by atoms with Crippen molar-refractivity contribution < 1.29 is 22.7 Å². The van der Waals surface area contributed by atoms with Crippen LogP contribution in [0.3, 0.4) is 0 Å². The molecular weight excluding hydrogens is 416 g/mol. The number of ether oxygens (including phenoxy) is 2. The molecule has 1 fully saturated rings. The van der Waals surface area contributed by atoms with Crippen LogP contribution in [0.25, 0.3) is 0 Å². The van der Waals surface area contributed by atoms with E-state index in [0.717, 1.165) is 5.56 Å². The monoisotopic (exact) mass is 438 g/mol. The molecule has 1 amide bonds. The first kappa shape index (κ1) is 21.4. The Kier molecular flexibility index (Phi) is 6.66. The molecule has 3 rings (SSSR count). The molecule has 1 aliphatic rings. The summed E-state index contributed by atoms with van der Waals surface area (Å²) in [6.07, 6.45) is -0.676. The van der Waals surface area contributed by atoms with E-state index in [9.17, 15) is 13.2 Å². The van der Waals surface area contributed by atoms with Crippen LogP contribution in [0.2, 0.25) is 5.02 Å². The summed E-state index contributed by atoms with van der Waals surface area (Å²) in [6, 6.07) is 10.9. The highest BCUT2D eigenvalue weighted by atomic mass is 35.5. The molecule has 7 nitrogen and oxygen atoms in total. The van der Waals surface area contributed by atoms with Crippen molar-refractivity contribution >= 4 is 33.2 Å². The van der Waals surface area contributed by atoms with Crippen molar-refractivity contribution in [1.82, 2.24) is 4.90 Å². The Hall–Kier alpha value is -2.29. The lowest BCUT2D eigenvalue weighted by atomic mass is 10.2. The molecule has 0 radical (unpaired) electrons. The van der Waals surface area contributed by atoms with Gasteiger partial charge in [-0.15, -0.1) is 0 Å². The van der Waals surface area contributed by atoms with Crippen molar-refractivity contribution in [3.05, 3.63) is 53.1 Å². The maximum absolute atomic E-state index is 12.6. The number of benzene rings is 2. The van der Waals surface area contributed by atoms with Gasteiger partial charge in [0.1, 0.15) is 5.75 Å².